The Morgan fingerprint density at radius 3 is 2.85 bits per heavy atom. The highest BCUT2D eigenvalue weighted by molar-refractivity contribution is 5.93. The van der Waals surface area contributed by atoms with Crippen LogP contribution in [0.4, 0.5) is 0 Å². The summed E-state index contributed by atoms with van der Waals surface area (Å²) < 4.78 is 11.7. The fourth-order valence-electron chi connectivity index (χ4n) is 5.39. The van der Waals surface area contributed by atoms with E-state index in [4.69, 9.17) is 9.47 Å². The van der Waals surface area contributed by atoms with Crippen molar-refractivity contribution in [3.8, 4) is 11.5 Å². The summed E-state index contributed by atoms with van der Waals surface area (Å²) in [6.07, 6.45) is 5.35. The van der Waals surface area contributed by atoms with Crippen LogP contribution in [0.3, 0.4) is 0 Å². The van der Waals surface area contributed by atoms with Gasteiger partial charge in [-0.05, 0) is 67.6 Å². The van der Waals surface area contributed by atoms with Gasteiger partial charge in [-0.3, -0.25) is 9.88 Å². The summed E-state index contributed by atoms with van der Waals surface area (Å²) in [6.45, 7) is 5.91. The van der Waals surface area contributed by atoms with Gasteiger partial charge in [0.25, 0.3) is 0 Å². The van der Waals surface area contributed by atoms with E-state index in [0.29, 0.717) is 11.8 Å². The first kappa shape index (κ1) is 21.5. The number of phenols is 1. The summed E-state index contributed by atoms with van der Waals surface area (Å²) in [5, 5.41) is 11.1. The molecule has 6 heteroatoms. The number of phenolic OH excluding ortho intramolecular Hbond substituents is 1. The second-order valence-corrected chi connectivity index (χ2v) is 8.87. The van der Waals surface area contributed by atoms with Gasteiger partial charge in [0.2, 0.25) is 0 Å². The topological polar surface area (TPSA) is 71.9 Å². The molecule has 3 aliphatic heterocycles. The molecule has 0 amide bonds. The highest BCUT2D eigenvalue weighted by atomic mass is 16.5. The van der Waals surface area contributed by atoms with Crippen molar-refractivity contribution in [2.24, 2.45) is 11.8 Å². The number of carbonyl (C=O) groups excluding carboxylic acids is 1. The van der Waals surface area contributed by atoms with E-state index in [1.807, 2.05) is 24.3 Å². The quantitative estimate of drug-likeness (QED) is 0.437. The van der Waals surface area contributed by atoms with Crippen molar-refractivity contribution in [2.45, 2.75) is 25.0 Å². The SMILES string of the molecule is C=C[C@@H]1CN2CC[C@@H]1C[C@@H]2[C@@H](OC(=O)c1ccccc1O)c1ccnc2ccc(OC)cc12. The van der Waals surface area contributed by atoms with Crippen LogP contribution < -0.4 is 4.74 Å². The normalized spacial score (nSPS) is 24.9. The van der Waals surface area contributed by atoms with Crippen LogP contribution in [0.25, 0.3) is 10.9 Å². The first-order valence-corrected chi connectivity index (χ1v) is 11.4. The van der Waals surface area contributed by atoms with Crippen molar-refractivity contribution >= 4 is 16.9 Å². The van der Waals surface area contributed by atoms with Gasteiger partial charge in [0.05, 0.1) is 18.7 Å². The summed E-state index contributed by atoms with van der Waals surface area (Å²) in [5.74, 6) is 1.08. The van der Waals surface area contributed by atoms with Gasteiger partial charge in [-0.15, -0.1) is 6.58 Å². The number of hydrogen-bond donors (Lipinski definition) is 1. The zero-order valence-corrected chi connectivity index (χ0v) is 18.7. The molecule has 6 nitrogen and oxygen atoms in total. The molecule has 3 fully saturated rings. The minimum atomic E-state index is -0.533. The smallest absolute Gasteiger partial charge is 0.342 e. The minimum Gasteiger partial charge on any atom is -0.507 e. The number of methoxy groups -OCH3 is 1. The highest BCUT2D eigenvalue weighted by Crippen LogP contribution is 2.44. The number of piperidine rings is 3. The molecule has 4 heterocycles. The van der Waals surface area contributed by atoms with Gasteiger partial charge in [-0.25, -0.2) is 4.79 Å². The van der Waals surface area contributed by atoms with Crippen molar-refractivity contribution < 1.29 is 19.4 Å². The number of benzene rings is 2. The Kier molecular flexibility index (Phi) is 5.77. The average molecular weight is 445 g/mol. The maximum absolute atomic E-state index is 13.2. The molecular weight excluding hydrogens is 416 g/mol. The van der Waals surface area contributed by atoms with Crippen LogP contribution in [0.1, 0.15) is 34.9 Å². The molecular formula is C27H28N2O4. The van der Waals surface area contributed by atoms with E-state index in [2.05, 4.69) is 22.5 Å². The number of fused-ring (bicyclic) bond motifs is 4. The lowest BCUT2D eigenvalue weighted by atomic mass is 9.73. The second kappa shape index (κ2) is 8.87. The number of rotatable bonds is 6. The van der Waals surface area contributed by atoms with Crippen LogP contribution in [0, 0.1) is 11.8 Å². The third-order valence-electron chi connectivity index (χ3n) is 7.15. The number of para-hydroxylation sites is 1. The molecule has 3 aliphatic rings. The van der Waals surface area contributed by atoms with Gasteiger partial charge < -0.3 is 14.6 Å². The summed E-state index contributed by atoms with van der Waals surface area (Å²) in [5.41, 5.74) is 1.88. The molecule has 6 rings (SSSR count). The molecule has 5 atom stereocenters. The lowest BCUT2D eigenvalue weighted by molar-refractivity contribution is -0.0568. The van der Waals surface area contributed by atoms with E-state index in [1.165, 1.54) is 6.07 Å². The van der Waals surface area contributed by atoms with Gasteiger partial charge in [-0.1, -0.05) is 18.2 Å². The number of nitrogens with zero attached hydrogens (tertiary/aromatic N) is 2. The zero-order chi connectivity index (χ0) is 22.9. The van der Waals surface area contributed by atoms with Crippen molar-refractivity contribution in [3.63, 3.8) is 0 Å². The van der Waals surface area contributed by atoms with E-state index in [1.54, 1.807) is 31.5 Å². The molecule has 170 valence electrons. The first-order chi connectivity index (χ1) is 16.1. The monoisotopic (exact) mass is 444 g/mol. The first-order valence-electron chi connectivity index (χ1n) is 11.4. The summed E-state index contributed by atoms with van der Waals surface area (Å²) in [6, 6.07) is 14.2. The van der Waals surface area contributed by atoms with Gasteiger partial charge in [-0.2, -0.15) is 0 Å². The van der Waals surface area contributed by atoms with Crippen LogP contribution in [0.15, 0.2) is 67.4 Å². The number of aromatic nitrogens is 1. The molecule has 33 heavy (non-hydrogen) atoms. The Balaban J connectivity index is 1.58. The fraction of sp³-hybridized carbons (Fsp3) is 0.333. The largest absolute Gasteiger partial charge is 0.507 e. The molecule has 0 spiro atoms. The lowest BCUT2D eigenvalue weighted by Gasteiger charge is -2.51. The number of aromatic hydroxyl groups is 1. The number of esters is 1. The van der Waals surface area contributed by atoms with Gasteiger partial charge in [0.15, 0.2) is 0 Å². The van der Waals surface area contributed by atoms with Gasteiger partial charge >= 0.3 is 5.97 Å². The van der Waals surface area contributed by atoms with E-state index in [9.17, 15) is 9.90 Å². The van der Waals surface area contributed by atoms with Crippen LogP contribution >= 0.6 is 0 Å². The lowest BCUT2D eigenvalue weighted by Crippen LogP contribution is -2.55. The Morgan fingerprint density at radius 2 is 2.12 bits per heavy atom. The highest BCUT2D eigenvalue weighted by Gasteiger charge is 2.44. The molecule has 1 unspecified atom stereocenters. The molecule has 2 aromatic carbocycles. The second-order valence-electron chi connectivity index (χ2n) is 8.87. The van der Waals surface area contributed by atoms with Crippen molar-refractivity contribution in [3.05, 3.63) is 78.5 Å². The third-order valence-corrected chi connectivity index (χ3v) is 7.15. The Hall–Kier alpha value is -3.38. The molecule has 0 radical (unpaired) electrons. The molecule has 3 saturated heterocycles. The molecule has 0 saturated carbocycles. The zero-order valence-electron chi connectivity index (χ0n) is 18.7. The van der Waals surface area contributed by atoms with Crippen LogP contribution in [0.5, 0.6) is 11.5 Å². The number of carbonyl (C=O) groups is 1. The number of ether oxygens (including phenoxy) is 2. The molecule has 1 aromatic heterocycles. The predicted molar refractivity (Wildman–Crippen MR) is 126 cm³/mol. The maximum Gasteiger partial charge on any atom is 0.342 e. The van der Waals surface area contributed by atoms with Crippen LogP contribution in [-0.2, 0) is 4.74 Å². The Morgan fingerprint density at radius 1 is 1.27 bits per heavy atom. The molecule has 3 aromatic rings. The summed E-state index contributed by atoms with van der Waals surface area (Å²) in [7, 11) is 1.63. The Bertz CT molecular complexity index is 1190. The summed E-state index contributed by atoms with van der Waals surface area (Å²) >= 11 is 0. The van der Waals surface area contributed by atoms with E-state index in [-0.39, 0.29) is 17.4 Å². The van der Waals surface area contributed by atoms with Crippen LogP contribution in [0.2, 0.25) is 0 Å². The minimum absolute atomic E-state index is 0.0338. The van der Waals surface area contributed by atoms with Crippen molar-refractivity contribution in [1.82, 2.24) is 9.88 Å². The predicted octanol–water partition coefficient (Wildman–Crippen LogP) is 4.74. The fourth-order valence-corrected chi connectivity index (χ4v) is 5.39. The van der Waals surface area contributed by atoms with Crippen molar-refractivity contribution in [1.29, 1.82) is 0 Å². The standard InChI is InChI=1S/C27H28N2O4/c1-3-17-16-29-13-11-18(17)14-24(29)26(33-27(31)21-6-4-5-7-25(21)30)20-10-12-28-23-9-8-19(32-2)15-22(20)23/h3-10,12,15,17-18,24,26,30H,1,11,13-14,16H2,2H3/t17-,18-,24-,26+/m1/s1. The van der Waals surface area contributed by atoms with E-state index in [0.717, 1.165) is 48.1 Å². The van der Waals surface area contributed by atoms with Crippen molar-refractivity contribution in [2.75, 3.05) is 20.2 Å². The molecule has 1 N–H and O–H groups in total. The van der Waals surface area contributed by atoms with E-state index >= 15 is 0 Å². The number of hydrogen-bond acceptors (Lipinski definition) is 6. The molecule has 2 bridgehead atoms. The van der Waals surface area contributed by atoms with E-state index < -0.39 is 12.1 Å². The molecule has 0 aliphatic carbocycles. The van der Waals surface area contributed by atoms with Gasteiger partial charge in [0.1, 0.15) is 23.2 Å². The summed E-state index contributed by atoms with van der Waals surface area (Å²) in [4.78, 5) is 20.1. The Labute approximate surface area is 193 Å². The number of pyridine rings is 1. The average Bonchev–Trinajstić information content (AvgIpc) is 2.87. The maximum atomic E-state index is 13.2. The van der Waals surface area contributed by atoms with Crippen LogP contribution in [-0.4, -0.2) is 47.2 Å². The van der Waals surface area contributed by atoms with Gasteiger partial charge in [0, 0.05) is 23.7 Å². The third kappa shape index (κ3) is 3.95.